The maximum Gasteiger partial charge on any atom is 0.143 e. The maximum atomic E-state index is 6.06. The van der Waals surface area contributed by atoms with Crippen molar-refractivity contribution < 1.29 is 4.74 Å². The number of hydrogen-bond acceptors (Lipinski definition) is 3. The Labute approximate surface area is 129 Å². The van der Waals surface area contributed by atoms with Gasteiger partial charge in [-0.1, -0.05) is 26.0 Å². The van der Waals surface area contributed by atoms with Gasteiger partial charge in [0.1, 0.15) is 11.6 Å². The van der Waals surface area contributed by atoms with Crippen molar-refractivity contribution >= 4 is 10.9 Å². The lowest BCUT2D eigenvalue weighted by Crippen LogP contribution is -2.24. The standard InChI is InChI=1S/C18H19N3O/c1-12-19-8-7-15(20-12)14-9-21-10-18(2,3)11-22-16-6-4-5-13(14)17(16)21/h4-9H,10-11H2,1-3H3. The molecule has 0 N–H and O–H groups in total. The van der Waals surface area contributed by atoms with Crippen LogP contribution in [0.5, 0.6) is 5.75 Å². The number of hydrogen-bond donors (Lipinski definition) is 0. The molecule has 0 unspecified atom stereocenters. The van der Waals surface area contributed by atoms with Gasteiger partial charge in [0.15, 0.2) is 0 Å². The summed E-state index contributed by atoms with van der Waals surface area (Å²) in [4.78, 5) is 8.78. The molecule has 2 aromatic heterocycles. The Bertz CT molecular complexity index is 864. The van der Waals surface area contributed by atoms with Gasteiger partial charge in [0, 0.05) is 35.3 Å². The minimum atomic E-state index is 0.101. The van der Waals surface area contributed by atoms with Crippen molar-refractivity contribution in [3.63, 3.8) is 0 Å². The first-order valence-electron chi connectivity index (χ1n) is 7.58. The summed E-state index contributed by atoms with van der Waals surface area (Å²) >= 11 is 0. The van der Waals surface area contributed by atoms with Crippen molar-refractivity contribution in [1.82, 2.24) is 14.5 Å². The van der Waals surface area contributed by atoms with Crippen LogP contribution in [-0.4, -0.2) is 21.1 Å². The van der Waals surface area contributed by atoms with Crippen LogP contribution in [0.3, 0.4) is 0 Å². The molecular formula is C18H19N3O. The Morgan fingerprint density at radius 2 is 2.09 bits per heavy atom. The van der Waals surface area contributed by atoms with Gasteiger partial charge in [-0.15, -0.1) is 0 Å². The molecule has 1 aromatic carbocycles. The Hall–Kier alpha value is -2.36. The van der Waals surface area contributed by atoms with E-state index in [1.54, 1.807) is 0 Å². The fourth-order valence-electron chi connectivity index (χ4n) is 3.16. The smallest absolute Gasteiger partial charge is 0.143 e. The van der Waals surface area contributed by atoms with Crippen molar-refractivity contribution in [2.45, 2.75) is 27.3 Å². The maximum absolute atomic E-state index is 6.06. The van der Waals surface area contributed by atoms with Gasteiger partial charge in [-0.25, -0.2) is 9.97 Å². The van der Waals surface area contributed by atoms with Gasteiger partial charge in [0.05, 0.1) is 17.8 Å². The van der Waals surface area contributed by atoms with E-state index >= 15 is 0 Å². The third-order valence-corrected chi connectivity index (χ3v) is 4.13. The van der Waals surface area contributed by atoms with E-state index in [4.69, 9.17) is 4.74 Å². The molecule has 4 heteroatoms. The predicted octanol–water partition coefficient (Wildman–Crippen LogP) is 3.83. The monoisotopic (exact) mass is 293 g/mol. The van der Waals surface area contributed by atoms with E-state index in [0.717, 1.165) is 36.0 Å². The van der Waals surface area contributed by atoms with Crippen molar-refractivity contribution in [2.24, 2.45) is 5.41 Å². The zero-order chi connectivity index (χ0) is 15.3. The molecular weight excluding hydrogens is 274 g/mol. The molecule has 4 rings (SSSR count). The van der Waals surface area contributed by atoms with Gasteiger partial charge in [-0.3, -0.25) is 0 Å². The summed E-state index contributed by atoms with van der Waals surface area (Å²) in [5.41, 5.74) is 3.37. The molecule has 0 saturated heterocycles. The zero-order valence-corrected chi connectivity index (χ0v) is 13.1. The van der Waals surface area contributed by atoms with Gasteiger partial charge in [0.25, 0.3) is 0 Å². The summed E-state index contributed by atoms with van der Waals surface area (Å²) in [5, 5.41) is 1.19. The number of aryl methyl sites for hydroxylation is 1. The van der Waals surface area contributed by atoms with Crippen LogP contribution in [-0.2, 0) is 6.54 Å². The van der Waals surface area contributed by atoms with E-state index in [-0.39, 0.29) is 5.41 Å². The Kier molecular flexibility index (Phi) is 2.76. The molecule has 3 aromatic rings. The van der Waals surface area contributed by atoms with Gasteiger partial charge in [-0.05, 0) is 19.1 Å². The molecule has 0 radical (unpaired) electrons. The number of nitrogens with zero attached hydrogens (tertiary/aromatic N) is 3. The summed E-state index contributed by atoms with van der Waals surface area (Å²) in [6.45, 7) is 8.06. The molecule has 4 nitrogen and oxygen atoms in total. The van der Waals surface area contributed by atoms with E-state index in [1.165, 1.54) is 10.9 Å². The lowest BCUT2D eigenvalue weighted by Gasteiger charge is -2.22. The van der Waals surface area contributed by atoms with Gasteiger partial charge in [-0.2, -0.15) is 0 Å². The van der Waals surface area contributed by atoms with Crippen molar-refractivity contribution in [3.8, 4) is 17.0 Å². The molecule has 1 aliphatic heterocycles. The summed E-state index contributed by atoms with van der Waals surface area (Å²) in [5.74, 6) is 1.75. The second-order valence-corrected chi connectivity index (χ2v) is 6.76. The second kappa shape index (κ2) is 4.57. The molecule has 22 heavy (non-hydrogen) atoms. The largest absolute Gasteiger partial charge is 0.491 e. The van der Waals surface area contributed by atoms with Crippen molar-refractivity contribution in [3.05, 3.63) is 42.5 Å². The quantitative estimate of drug-likeness (QED) is 0.684. The predicted molar refractivity (Wildman–Crippen MR) is 87.0 cm³/mol. The molecule has 0 bridgehead atoms. The SMILES string of the molecule is Cc1nccc(-c2cn3c4c(cccc24)OCC(C)(C)C3)n1. The fourth-order valence-corrected chi connectivity index (χ4v) is 3.16. The van der Waals surface area contributed by atoms with Crippen LogP contribution in [0.25, 0.3) is 22.2 Å². The summed E-state index contributed by atoms with van der Waals surface area (Å²) in [6, 6.07) is 8.22. The Morgan fingerprint density at radius 3 is 2.91 bits per heavy atom. The highest BCUT2D eigenvalue weighted by atomic mass is 16.5. The number of para-hydroxylation sites is 1. The fraction of sp³-hybridized carbons (Fsp3) is 0.333. The van der Waals surface area contributed by atoms with Crippen LogP contribution in [0.1, 0.15) is 19.7 Å². The molecule has 0 spiro atoms. The average molecular weight is 293 g/mol. The van der Waals surface area contributed by atoms with E-state index in [1.807, 2.05) is 19.2 Å². The first-order valence-corrected chi connectivity index (χ1v) is 7.58. The zero-order valence-electron chi connectivity index (χ0n) is 13.1. The molecule has 3 heterocycles. The van der Waals surface area contributed by atoms with Crippen molar-refractivity contribution in [2.75, 3.05) is 6.61 Å². The number of ether oxygens (including phenoxy) is 1. The Balaban J connectivity index is 1.99. The van der Waals surface area contributed by atoms with Crippen LogP contribution in [0.4, 0.5) is 0 Å². The molecule has 112 valence electrons. The molecule has 1 aliphatic rings. The lowest BCUT2D eigenvalue weighted by molar-refractivity contribution is 0.172. The number of aromatic nitrogens is 3. The van der Waals surface area contributed by atoms with E-state index < -0.39 is 0 Å². The van der Waals surface area contributed by atoms with E-state index in [2.05, 4.69) is 52.8 Å². The minimum Gasteiger partial charge on any atom is -0.491 e. The highest BCUT2D eigenvalue weighted by Gasteiger charge is 2.27. The summed E-state index contributed by atoms with van der Waals surface area (Å²) in [6.07, 6.45) is 4.02. The third-order valence-electron chi connectivity index (χ3n) is 4.13. The van der Waals surface area contributed by atoms with Crippen LogP contribution < -0.4 is 4.74 Å². The first kappa shape index (κ1) is 13.3. The van der Waals surface area contributed by atoms with Gasteiger partial charge in [0.2, 0.25) is 0 Å². The number of benzene rings is 1. The Morgan fingerprint density at radius 1 is 1.23 bits per heavy atom. The van der Waals surface area contributed by atoms with Gasteiger partial charge >= 0.3 is 0 Å². The van der Waals surface area contributed by atoms with Crippen LogP contribution in [0.15, 0.2) is 36.7 Å². The normalized spacial score (nSPS) is 16.3. The van der Waals surface area contributed by atoms with Crippen LogP contribution >= 0.6 is 0 Å². The minimum absolute atomic E-state index is 0.101. The van der Waals surface area contributed by atoms with E-state index in [0.29, 0.717) is 0 Å². The first-order chi connectivity index (χ1) is 10.5. The molecule has 0 fully saturated rings. The lowest BCUT2D eigenvalue weighted by atomic mass is 9.95. The molecule has 0 atom stereocenters. The second-order valence-electron chi connectivity index (χ2n) is 6.76. The molecule has 0 amide bonds. The molecule has 0 aliphatic carbocycles. The topological polar surface area (TPSA) is 39.9 Å². The molecule has 0 saturated carbocycles. The van der Waals surface area contributed by atoms with Gasteiger partial charge < -0.3 is 9.30 Å². The highest BCUT2D eigenvalue weighted by molar-refractivity contribution is 5.98. The van der Waals surface area contributed by atoms with Crippen LogP contribution in [0.2, 0.25) is 0 Å². The summed E-state index contributed by atoms with van der Waals surface area (Å²) < 4.78 is 8.37. The average Bonchev–Trinajstić information content (AvgIpc) is 2.77. The number of rotatable bonds is 1. The highest BCUT2D eigenvalue weighted by Crippen LogP contribution is 2.39. The van der Waals surface area contributed by atoms with Crippen LogP contribution in [0, 0.1) is 12.3 Å². The summed E-state index contributed by atoms with van der Waals surface area (Å²) in [7, 11) is 0. The van der Waals surface area contributed by atoms with E-state index in [9.17, 15) is 0 Å². The van der Waals surface area contributed by atoms with Crippen molar-refractivity contribution in [1.29, 1.82) is 0 Å². The third kappa shape index (κ3) is 2.06.